The zero-order chi connectivity index (χ0) is 20.3. The third kappa shape index (κ3) is 4.31. The summed E-state index contributed by atoms with van der Waals surface area (Å²) in [5, 5.41) is 14.9. The summed E-state index contributed by atoms with van der Waals surface area (Å²) in [6.45, 7) is 0.596. The number of urea groups is 1. The van der Waals surface area contributed by atoms with Gasteiger partial charge in [0.1, 0.15) is 11.6 Å². The summed E-state index contributed by atoms with van der Waals surface area (Å²) in [5.74, 6) is 0.806. The van der Waals surface area contributed by atoms with Gasteiger partial charge in [-0.2, -0.15) is 5.10 Å². The largest absolute Gasteiger partial charge is 0.368 e. The molecular weight excluding hydrogens is 371 g/mol. The average Bonchev–Trinajstić information content (AvgIpc) is 2.69. The smallest absolute Gasteiger partial charge is 0.312 e. The van der Waals surface area contributed by atoms with Crippen molar-refractivity contribution in [1.29, 1.82) is 0 Å². The molecule has 2 fully saturated rings. The molecule has 0 spiro atoms. The Labute approximate surface area is 169 Å². The molecule has 4 rings (SSSR count). The normalized spacial score (nSPS) is 23.1. The molecule has 29 heavy (non-hydrogen) atoms. The van der Waals surface area contributed by atoms with E-state index in [2.05, 4.69) is 25.8 Å². The number of nitrogens with two attached hydrogens (primary N) is 1. The highest BCUT2D eigenvalue weighted by Gasteiger charge is 2.41. The van der Waals surface area contributed by atoms with Gasteiger partial charge in [0.2, 0.25) is 0 Å². The summed E-state index contributed by atoms with van der Waals surface area (Å²) in [7, 11) is 0. The maximum Gasteiger partial charge on any atom is 0.312 e. The second-order valence-electron chi connectivity index (χ2n) is 8.22. The van der Waals surface area contributed by atoms with Crippen LogP contribution in [0.2, 0.25) is 0 Å². The van der Waals surface area contributed by atoms with Crippen LogP contribution >= 0.6 is 0 Å². The van der Waals surface area contributed by atoms with Gasteiger partial charge in [-0.3, -0.25) is 4.98 Å². The van der Waals surface area contributed by atoms with Gasteiger partial charge in [-0.25, -0.2) is 9.18 Å². The lowest BCUT2D eigenvalue weighted by atomic mass is 9.66. The average molecular weight is 398 g/mol. The fourth-order valence-corrected chi connectivity index (χ4v) is 4.53. The molecule has 0 unspecified atom stereocenters. The van der Waals surface area contributed by atoms with Gasteiger partial charge in [-0.05, 0) is 62.8 Å². The van der Waals surface area contributed by atoms with E-state index in [4.69, 9.17) is 5.73 Å². The molecule has 0 radical (unpaired) electrons. The SMILES string of the molecule is NC(=O)N[C@H]1CC[C@@H](c2ccc(NCC3(c4ncccc4F)CCC3)nn2)CC1. The van der Waals surface area contributed by atoms with Crippen molar-refractivity contribution < 1.29 is 9.18 Å². The van der Waals surface area contributed by atoms with Gasteiger partial charge < -0.3 is 16.4 Å². The molecule has 0 saturated heterocycles. The molecule has 7 nitrogen and oxygen atoms in total. The Balaban J connectivity index is 1.34. The highest BCUT2D eigenvalue weighted by Crippen LogP contribution is 2.43. The van der Waals surface area contributed by atoms with Crippen LogP contribution < -0.4 is 16.4 Å². The zero-order valence-corrected chi connectivity index (χ0v) is 16.4. The van der Waals surface area contributed by atoms with Crippen molar-refractivity contribution in [3.63, 3.8) is 0 Å². The number of aromatic nitrogens is 3. The van der Waals surface area contributed by atoms with E-state index in [1.54, 1.807) is 12.3 Å². The van der Waals surface area contributed by atoms with E-state index in [-0.39, 0.29) is 17.3 Å². The van der Waals surface area contributed by atoms with E-state index in [9.17, 15) is 9.18 Å². The Kier molecular flexibility index (Phi) is 5.60. The molecule has 8 heteroatoms. The van der Waals surface area contributed by atoms with Crippen LogP contribution in [0.3, 0.4) is 0 Å². The van der Waals surface area contributed by atoms with Crippen LogP contribution in [0.15, 0.2) is 30.5 Å². The molecule has 2 saturated carbocycles. The number of hydrogen-bond acceptors (Lipinski definition) is 5. The molecule has 2 aromatic rings. The minimum atomic E-state index is -0.460. The topological polar surface area (TPSA) is 106 Å². The number of amides is 2. The summed E-state index contributed by atoms with van der Waals surface area (Å²) in [6.07, 6.45) is 8.27. The van der Waals surface area contributed by atoms with Gasteiger partial charge in [0.25, 0.3) is 0 Å². The first-order valence-corrected chi connectivity index (χ1v) is 10.3. The van der Waals surface area contributed by atoms with Crippen LogP contribution in [-0.2, 0) is 5.41 Å². The number of anilines is 1. The molecule has 154 valence electrons. The number of nitrogens with zero attached hydrogens (tertiary/aromatic N) is 3. The number of pyridine rings is 1. The molecule has 0 bridgehead atoms. The number of rotatable bonds is 6. The Morgan fingerprint density at radius 1 is 1.17 bits per heavy atom. The lowest BCUT2D eigenvalue weighted by molar-refractivity contribution is 0.239. The van der Waals surface area contributed by atoms with Gasteiger partial charge in [-0.1, -0.05) is 6.42 Å². The number of carbonyl (C=O) groups excluding carboxylic acids is 1. The number of nitrogens with one attached hydrogen (secondary N) is 2. The van der Waals surface area contributed by atoms with Crippen molar-refractivity contribution in [2.45, 2.75) is 62.3 Å². The molecule has 0 atom stereocenters. The van der Waals surface area contributed by atoms with Crippen LogP contribution in [0.5, 0.6) is 0 Å². The second kappa shape index (κ2) is 8.31. The lowest BCUT2D eigenvalue weighted by Gasteiger charge is -2.41. The first kappa shape index (κ1) is 19.5. The zero-order valence-electron chi connectivity index (χ0n) is 16.4. The second-order valence-corrected chi connectivity index (χ2v) is 8.22. The third-order valence-electron chi connectivity index (χ3n) is 6.36. The lowest BCUT2D eigenvalue weighted by Crippen LogP contribution is -2.42. The maximum absolute atomic E-state index is 14.2. The summed E-state index contributed by atoms with van der Waals surface area (Å²) >= 11 is 0. The standard InChI is InChI=1S/C21H27FN6O/c22-16-3-1-12-24-19(16)21(10-2-11-21)13-25-18-9-8-17(27-28-18)14-4-6-15(7-5-14)26-20(23)29/h1,3,8-9,12,14-15H,2,4-7,10-11,13H2,(H,25,28)(H3,23,26,29)/t14-,15+. The number of hydrogen-bond donors (Lipinski definition) is 3. The Morgan fingerprint density at radius 3 is 2.55 bits per heavy atom. The van der Waals surface area contributed by atoms with E-state index < -0.39 is 6.03 Å². The van der Waals surface area contributed by atoms with E-state index in [1.807, 2.05) is 12.1 Å². The van der Waals surface area contributed by atoms with Gasteiger partial charge >= 0.3 is 6.03 Å². The highest BCUT2D eigenvalue weighted by molar-refractivity contribution is 5.71. The van der Waals surface area contributed by atoms with Crippen molar-refractivity contribution in [1.82, 2.24) is 20.5 Å². The monoisotopic (exact) mass is 398 g/mol. The minimum Gasteiger partial charge on any atom is -0.368 e. The highest BCUT2D eigenvalue weighted by atomic mass is 19.1. The van der Waals surface area contributed by atoms with Crippen molar-refractivity contribution in [3.8, 4) is 0 Å². The first-order valence-electron chi connectivity index (χ1n) is 10.3. The summed E-state index contributed by atoms with van der Waals surface area (Å²) in [4.78, 5) is 15.3. The molecular formula is C21H27FN6O. The van der Waals surface area contributed by atoms with Crippen molar-refractivity contribution in [2.75, 3.05) is 11.9 Å². The Morgan fingerprint density at radius 2 is 1.97 bits per heavy atom. The molecule has 2 amide bonds. The predicted octanol–water partition coefficient (Wildman–Crippen LogP) is 3.24. The fraction of sp³-hybridized carbons (Fsp3) is 0.524. The van der Waals surface area contributed by atoms with Crippen molar-refractivity contribution >= 4 is 11.8 Å². The molecule has 2 aliphatic rings. The Hall–Kier alpha value is -2.77. The van der Waals surface area contributed by atoms with Gasteiger partial charge in [0.15, 0.2) is 0 Å². The molecule has 0 aliphatic heterocycles. The summed E-state index contributed by atoms with van der Waals surface area (Å²) in [5.41, 5.74) is 6.45. The van der Waals surface area contributed by atoms with Crippen LogP contribution in [0.25, 0.3) is 0 Å². The van der Waals surface area contributed by atoms with E-state index in [1.165, 1.54) is 6.07 Å². The van der Waals surface area contributed by atoms with Gasteiger partial charge in [-0.15, -0.1) is 5.10 Å². The van der Waals surface area contributed by atoms with Crippen molar-refractivity contribution in [2.24, 2.45) is 5.73 Å². The molecule has 4 N–H and O–H groups in total. The number of carbonyl (C=O) groups is 1. The minimum absolute atomic E-state index is 0.156. The Bertz CT molecular complexity index is 847. The summed E-state index contributed by atoms with van der Waals surface area (Å²) < 4.78 is 14.2. The van der Waals surface area contributed by atoms with Crippen LogP contribution in [0.1, 0.15) is 62.3 Å². The number of primary amides is 1. The number of halogens is 1. The predicted molar refractivity (Wildman–Crippen MR) is 108 cm³/mol. The van der Waals surface area contributed by atoms with E-state index >= 15 is 0 Å². The van der Waals surface area contributed by atoms with Gasteiger partial charge in [0, 0.05) is 30.1 Å². The third-order valence-corrected chi connectivity index (χ3v) is 6.36. The fourth-order valence-electron chi connectivity index (χ4n) is 4.53. The van der Waals surface area contributed by atoms with Crippen LogP contribution in [-0.4, -0.2) is 33.8 Å². The first-order chi connectivity index (χ1) is 14.1. The van der Waals surface area contributed by atoms with E-state index in [0.717, 1.165) is 50.6 Å². The van der Waals surface area contributed by atoms with Crippen molar-refractivity contribution in [3.05, 3.63) is 47.7 Å². The van der Waals surface area contributed by atoms with E-state index in [0.29, 0.717) is 24.0 Å². The van der Waals surface area contributed by atoms with Gasteiger partial charge in [0.05, 0.1) is 11.4 Å². The molecule has 2 aromatic heterocycles. The van der Waals surface area contributed by atoms with Crippen LogP contribution in [0, 0.1) is 5.82 Å². The van der Waals surface area contributed by atoms with Crippen LogP contribution in [0.4, 0.5) is 15.0 Å². The molecule has 2 heterocycles. The summed E-state index contributed by atoms with van der Waals surface area (Å²) in [6, 6.07) is 6.75. The maximum atomic E-state index is 14.2. The molecule has 2 aliphatic carbocycles. The quantitative estimate of drug-likeness (QED) is 0.693. The molecule has 0 aromatic carbocycles.